The van der Waals surface area contributed by atoms with E-state index in [2.05, 4.69) is 10.7 Å². The largest absolute Gasteiger partial charge is 0.352 e. The average molecular weight is 283 g/mol. The van der Waals surface area contributed by atoms with Gasteiger partial charge in [-0.2, -0.15) is 0 Å². The van der Waals surface area contributed by atoms with Crippen LogP contribution in [0.4, 0.5) is 5.69 Å². The first-order valence-electron chi connectivity index (χ1n) is 6.05. The van der Waals surface area contributed by atoms with Crippen molar-refractivity contribution in [2.24, 2.45) is 11.8 Å². The van der Waals surface area contributed by atoms with Crippen LogP contribution in [0.3, 0.4) is 0 Å². The van der Waals surface area contributed by atoms with Crippen LogP contribution in [0.1, 0.15) is 16.8 Å². The third-order valence-electron chi connectivity index (χ3n) is 3.19. The van der Waals surface area contributed by atoms with E-state index >= 15 is 0 Å². The number of nitrogens with two attached hydrogens (primary N) is 1. The molecule has 0 saturated carbocycles. The lowest BCUT2D eigenvalue weighted by Crippen LogP contribution is -2.29. The molecule has 0 aromatic heterocycles. The number of carbonyl (C=O) groups is 1. The molecule has 1 aliphatic rings. The molecule has 104 valence electrons. The maximum absolute atomic E-state index is 11.9. The Balaban J connectivity index is 1.87. The van der Waals surface area contributed by atoms with Gasteiger partial charge in [-0.15, -0.1) is 0 Å². The van der Waals surface area contributed by atoms with Crippen LogP contribution in [-0.2, 0) is 9.84 Å². The first-order valence-corrected chi connectivity index (χ1v) is 7.87. The molecule has 1 aromatic carbocycles. The zero-order valence-electron chi connectivity index (χ0n) is 10.4. The number of carbonyl (C=O) groups excluding carboxylic acids is 1. The highest BCUT2D eigenvalue weighted by Crippen LogP contribution is 2.17. The van der Waals surface area contributed by atoms with Crippen LogP contribution in [0.15, 0.2) is 24.3 Å². The zero-order valence-corrected chi connectivity index (χ0v) is 11.2. The van der Waals surface area contributed by atoms with E-state index in [9.17, 15) is 13.2 Å². The van der Waals surface area contributed by atoms with Crippen LogP contribution in [0, 0.1) is 5.92 Å². The van der Waals surface area contributed by atoms with Crippen LogP contribution in [0.25, 0.3) is 0 Å². The van der Waals surface area contributed by atoms with Gasteiger partial charge in [0.2, 0.25) is 0 Å². The number of rotatable bonds is 4. The van der Waals surface area contributed by atoms with Crippen LogP contribution in [0.5, 0.6) is 0 Å². The van der Waals surface area contributed by atoms with Crippen molar-refractivity contribution in [3.8, 4) is 0 Å². The summed E-state index contributed by atoms with van der Waals surface area (Å²) in [6, 6.07) is 6.73. The molecule has 0 bridgehead atoms. The Morgan fingerprint density at radius 3 is 2.53 bits per heavy atom. The van der Waals surface area contributed by atoms with Crippen molar-refractivity contribution in [3.63, 3.8) is 0 Å². The summed E-state index contributed by atoms with van der Waals surface area (Å²) in [6.45, 7) is 0.398. The molecule has 1 fully saturated rings. The number of hydrogen-bond donors (Lipinski definition) is 3. The average Bonchev–Trinajstić information content (AvgIpc) is 2.76. The highest BCUT2D eigenvalue weighted by Gasteiger charge is 2.27. The summed E-state index contributed by atoms with van der Waals surface area (Å²) in [6.07, 6.45) is 0.624. The number of nitrogens with one attached hydrogen (secondary N) is 2. The van der Waals surface area contributed by atoms with Crippen molar-refractivity contribution in [1.82, 2.24) is 5.32 Å². The molecule has 4 N–H and O–H groups in total. The van der Waals surface area contributed by atoms with E-state index in [0.717, 1.165) is 5.69 Å². The maximum atomic E-state index is 11.9. The fraction of sp³-hybridized carbons (Fsp3) is 0.417. The zero-order chi connectivity index (χ0) is 13.9. The van der Waals surface area contributed by atoms with Gasteiger partial charge in [-0.3, -0.25) is 10.6 Å². The van der Waals surface area contributed by atoms with E-state index < -0.39 is 9.84 Å². The summed E-state index contributed by atoms with van der Waals surface area (Å²) in [4.78, 5) is 11.9. The normalized spacial score (nSPS) is 21.0. The SMILES string of the molecule is NNc1ccc(C(=O)NCC2CCS(=O)(=O)C2)cc1. The molecule has 0 aliphatic carbocycles. The predicted octanol–water partition coefficient (Wildman–Crippen LogP) is 0.137. The molecule has 7 heteroatoms. The fourth-order valence-corrected chi connectivity index (χ4v) is 3.95. The Hall–Kier alpha value is -1.60. The highest BCUT2D eigenvalue weighted by molar-refractivity contribution is 7.91. The molecule has 1 heterocycles. The Morgan fingerprint density at radius 2 is 2.00 bits per heavy atom. The van der Waals surface area contributed by atoms with E-state index in [-0.39, 0.29) is 23.3 Å². The summed E-state index contributed by atoms with van der Waals surface area (Å²) in [7, 11) is -2.89. The van der Waals surface area contributed by atoms with Crippen LogP contribution < -0.4 is 16.6 Å². The number of benzene rings is 1. The lowest BCUT2D eigenvalue weighted by atomic mass is 10.1. The lowest BCUT2D eigenvalue weighted by Gasteiger charge is -2.10. The standard InChI is InChI=1S/C12H17N3O3S/c13-15-11-3-1-10(2-4-11)12(16)14-7-9-5-6-19(17,18)8-9/h1-4,9,15H,5-8,13H2,(H,14,16). The summed E-state index contributed by atoms with van der Waals surface area (Å²) in [5, 5.41) is 2.76. The number of hydrogen-bond acceptors (Lipinski definition) is 5. The third-order valence-corrected chi connectivity index (χ3v) is 5.03. The summed E-state index contributed by atoms with van der Waals surface area (Å²) in [5.41, 5.74) is 3.73. The molecule has 0 spiro atoms. The molecule has 19 heavy (non-hydrogen) atoms. The first-order chi connectivity index (χ1) is 9.00. The number of sulfone groups is 1. The van der Waals surface area contributed by atoms with Gasteiger partial charge in [0.25, 0.3) is 5.91 Å². The van der Waals surface area contributed by atoms with E-state index in [1.807, 2.05) is 0 Å². The van der Waals surface area contributed by atoms with E-state index in [0.29, 0.717) is 18.5 Å². The quantitative estimate of drug-likeness (QED) is 0.539. The Morgan fingerprint density at radius 1 is 1.32 bits per heavy atom. The van der Waals surface area contributed by atoms with E-state index in [1.165, 1.54) is 0 Å². The molecular weight excluding hydrogens is 266 g/mol. The Bertz CT molecular complexity index is 554. The van der Waals surface area contributed by atoms with Gasteiger partial charge in [-0.1, -0.05) is 0 Å². The van der Waals surface area contributed by atoms with E-state index in [1.54, 1.807) is 24.3 Å². The third kappa shape index (κ3) is 3.68. The van der Waals surface area contributed by atoms with Crippen LogP contribution in [-0.4, -0.2) is 32.4 Å². The van der Waals surface area contributed by atoms with Crippen molar-refractivity contribution >= 4 is 21.4 Å². The number of nitrogen functional groups attached to an aromatic ring is 1. The first kappa shape index (κ1) is 13.8. The van der Waals surface area contributed by atoms with Gasteiger partial charge >= 0.3 is 0 Å². The Labute approximate surface area is 112 Å². The smallest absolute Gasteiger partial charge is 0.251 e. The summed E-state index contributed by atoms with van der Waals surface area (Å²) >= 11 is 0. The summed E-state index contributed by atoms with van der Waals surface area (Å²) < 4.78 is 22.6. The maximum Gasteiger partial charge on any atom is 0.251 e. The molecule has 2 rings (SSSR count). The predicted molar refractivity (Wildman–Crippen MR) is 73.3 cm³/mol. The number of hydrazine groups is 1. The molecular formula is C12H17N3O3S. The molecule has 1 aliphatic heterocycles. The van der Waals surface area contributed by atoms with Crippen molar-refractivity contribution in [3.05, 3.63) is 29.8 Å². The van der Waals surface area contributed by atoms with Gasteiger partial charge in [0.15, 0.2) is 9.84 Å². The van der Waals surface area contributed by atoms with Crippen molar-refractivity contribution in [2.45, 2.75) is 6.42 Å². The minimum Gasteiger partial charge on any atom is -0.352 e. The van der Waals surface area contributed by atoms with Crippen molar-refractivity contribution in [2.75, 3.05) is 23.5 Å². The molecule has 1 atom stereocenters. The van der Waals surface area contributed by atoms with Gasteiger partial charge in [-0.25, -0.2) is 8.42 Å². The minimum absolute atomic E-state index is 0.0268. The van der Waals surface area contributed by atoms with Crippen molar-refractivity contribution in [1.29, 1.82) is 0 Å². The minimum atomic E-state index is -2.89. The molecule has 1 saturated heterocycles. The van der Waals surface area contributed by atoms with Gasteiger partial charge in [-0.05, 0) is 36.6 Å². The van der Waals surface area contributed by atoms with Gasteiger partial charge in [0.1, 0.15) is 0 Å². The monoisotopic (exact) mass is 283 g/mol. The lowest BCUT2D eigenvalue weighted by molar-refractivity contribution is 0.0948. The highest BCUT2D eigenvalue weighted by atomic mass is 32.2. The number of anilines is 1. The van der Waals surface area contributed by atoms with Crippen LogP contribution >= 0.6 is 0 Å². The van der Waals surface area contributed by atoms with Gasteiger partial charge < -0.3 is 10.7 Å². The molecule has 0 radical (unpaired) electrons. The summed E-state index contributed by atoms with van der Waals surface area (Å²) in [5.74, 6) is 5.46. The van der Waals surface area contributed by atoms with Gasteiger partial charge in [0.05, 0.1) is 11.5 Å². The van der Waals surface area contributed by atoms with Crippen molar-refractivity contribution < 1.29 is 13.2 Å². The topological polar surface area (TPSA) is 101 Å². The second kappa shape index (κ2) is 5.58. The fourth-order valence-electron chi connectivity index (χ4n) is 2.09. The molecule has 1 amide bonds. The molecule has 1 aromatic rings. The van der Waals surface area contributed by atoms with E-state index in [4.69, 9.17) is 5.84 Å². The molecule has 1 unspecified atom stereocenters. The molecule has 6 nitrogen and oxygen atoms in total. The van der Waals surface area contributed by atoms with Crippen LogP contribution in [0.2, 0.25) is 0 Å². The number of amides is 1. The van der Waals surface area contributed by atoms with Gasteiger partial charge in [0, 0.05) is 17.8 Å². The second-order valence-corrected chi connectivity index (χ2v) is 6.93. The Kier molecular flexibility index (Phi) is 4.06. The second-order valence-electron chi connectivity index (χ2n) is 4.70.